The topological polar surface area (TPSA) is 12.0 Å². The lowest BCUT2D eigenvalue weighted by molar-refractivity contribution is 0.548. The van der Waals surface area contributed by atoms with E-state index in [1.165, 1.54) is 16.9 Å². The summed E-state index contributed by atoms with van der Waals surface area (Å²) < 4.78 is 0. The number of benzene rings is 2. The second-order valence-corrected chi connectivity index (χ2v) is 6.13. The molecule has 3 rings (SSSR count). The molecule has 98 valence electrons. The average Bonchev–Trinajstić information content (AvgIpc) is 2.44. The fraction of sp³-hybridized carbons (Fsp3) is 0.294. The van der Waals surface area contributed by atoms with E-state index in [0.29, 0.717) is 0 Å². The van der Waals surface area contributed by atoms with Gasteiger partial charge in [0.05, 0.1) is 0 Å². The van der Waals surface area contributed by atoms with Gasteiger partial charge in [-0.1, -0.05) is 42.5 Å². The first-order valence-electron chi connectivity index (χ1n) is 6.90. The molecule has 0 heterocycles. The van der Waals surface area contributed by atoms with Crippen LogP contribution in [0.3, 0.4) is 0 Å². The van der Waals surface area contributed by atoms with Gasteiger partial charge in [0.15, 0.2) is 0 Å². The first kappa shape index (κ1) is 12.8. The third-order valence-corrected chi connectivity index (χ3v) is 4.66. The molecule has 0 saturated carbocycles. The van der Waals surface area contributed by atoms with Gasteiger partial charge in [0.2, 0.25) is 0 Å². The summed E-state index contributed by atoms with van der Waals surface area (Å²) >= 11 is 1.92. The van der Waals surface area contributed by atoms with E-state index < -0.39 is 0 Å². The smallest absolute Gasteiger partial charge is 0.0106 e. The van der Waals surface area contributed by atoms with Gasteiger partial charge in [0.1, 0.15) is 0 Å². The molecule has 1 atom stereocenters. The minimum Gasteiger partial charge on any atom is -0.315 e. The average molecular weight is 269 g/mol. The van der Waals surface area contributed by atoms with E-state index in [4.69, 9.17) is 0 Å². The van der Waals surface area contributed by atoms with Crippen LogP contribution >= 0.6 is 11.8 Å². The van der Waals surface area contributed by atoms with E-state index in [1.54, 1.807) is 5.56 Å². The van der Waals surface area contributed by atoms with Crippen molar-refractivity contribution < 1.29 is 0 Å². The van der Waals surface area contributed by atoms with Crippen molar-refractivity contribution in [1.29, 1.82) is 0 Å². The van der Waals surface area contributed by atoms with Gasteiger partial charge in [-0.3, -0.25) is 0 Å². The molecule has 0 saturated heterocycles. The maximum absolute atomic E-state index is 3.58. The summed E-state index contributed by atoms with van der Waals surface area (Å²) in [7, 11) is 0. The zero-order valence-corrected chi connectivity index (χ0v) is 11.8. The predicted octanol–water partition coefficient (Wildman–Crippen LogP) is 3.71. The second kappa shape index (κ2) is 6.27. The number of thioether (sulfide) groups is 1. The highest BCUT2D eigenvalue weighted by Gasteiger charge is 2.24. The molecule has 19 heavy (non-hydrogen) atoms. The van der Waals surface area contributed by atoms with Crippen molar-refractivity contribution in [3.05, 3.63) is 65.7 Å². The number of hydrogen-bond acceptors (Lipinski definition) is 2. The van der Waals surface area contributed by atoms with E-state index in [-0.39, 0.29) is 0 Å². The van der Waals surface area contributed by atoms with Crippen LogP contribution < -0.4 is 5.32 Å². The second-order valence-electron chi connectivity index (χ2n) is 4.97. The van der Waals surface area contributed by atoms with Crippen molar-refractivity contribution in [2.75, 3.05) is 18.8 Å². The van der Waals surface area contributed by atoms with Gasteiger partial charge in [-0.05, 0) is 29.7 Å². The number of rotatable bonds is 6. The highest BCUT2D eigenvalue weighted by Crippen LogP contribution is 2.33. The van der Waals surface area contributed by atoms with Gasteiger partial charge in [-0.25, -0.2) is 0 Å². The van der Waals surface area contributed by atoms with E-state index in [9.17, 15) is 0 Å². The van der Waals surface area contributed by atoms with Crippen LogP contribution in [0.2, 0.25) is 0 Å². The highest BCUT2D eigenvalue weighted by molar-refractivity contribution is 7.99. The first-order valence-corrected chi connectivity index (χ1v) is 7.88. The number of nitrogens with one attached hydrogen (secondary N) is 1. The molecule has 0 radical (unpaired) electrons. The molecule has 1 nitrogen and oxygen atoms in total. The molecule has 1 aliphatic carbocycles. The standard InChI is InChI=1S/C17H19NS/c1-2-7-16(8-3-1)19-11-10-18-13-15-12-14-6-4-5-9-17(14)15/h1-9,15,18H,10-13H2. The highest BCUT2D eigenvalue weighted by atomic mass is 32.2. The monoisotopic (exact) mass is 269 g/mol. The van der Waals surface area contributed by atoms with Gasteiger partial charge in [0.25, 0.3) is 0 Å². The van der Waals surface area contributed by atoms with Crippen LogP contribution in [0.5, 0.6) is 0 Å². The van der Waals surface area contributed by atoms with Crippen LogP contribution in [0.15, 0.2) is 59.5 Å². The summed E-state index contributed by atoms with van der Waals surface area (Å²) in [5, 5.41) is 3.58. The molecule has 0 aliphatic heterocycles. The molecule has 0 bridgehead atoms. The van der Waals surface area contributed by atoms with Crippen molar-refractivity contribution in [2.24, 2.45) is 0 Å². The van der Waals surface area contributed by atoms with Crippen LogP contribution in [0, 0.1) is 0 Å². The van der Waals surface area contributed by atoms with Crippen LogP contribution in [-0.2, 0) is 6.42 Å². The Morgan fingerprint density at radius 2 is 1.79 bits per heavy atom. The maximum atomic E-state index is 3.58. The predicted molar refractivity (Wildman–Crippen MR) is 82.9 cm³/mol. The quantitative estimate of drug-likeness (QED) is 0.634. The zero-order chi connectivity index (χ0) is 12.9. The van der Waals surface area contributed by atoms with Crippen molar-refractivity contribution >= 4 is 11.8 Å². The minimum absolute atomic E-state index is 0.734. The Hall–Kier alpha value is -1.25. The van der Waals surface area contributed by atoms with E-state index in [2.05, 4.69) is 59.9 Å². The van der Waals surface area contributed by atoms with Crippen LogP contribution in [0.1, 0.15) is 17.0 Å². The molecule has 1 N–H and O–H groups in total. The van der Waals surface area contributed by atoms with Crippen LogP contribution in [-0.4, -0.2) is 18.8 Å². The molecule has 1 unspecified atom stereocenters. The van der Waals surface area contributed by atoms with Crippen molar-refractivity contribution in [1.82, 2.24) is 5.32 Å². The molecule has 2 aromatic rings. The molecular weight excluding hydrogens is 250 g/mol. The molecule has 2 aromatic carbocycles. The minimum atomic E-state index is 0.734. The summed E-state index contributed by atoms with van der Waals surface area (Å²) in [6.07, 6.45) is 1.25. The Kier molecular flexibility index (Phi) is 4.21. The Balaban J connectivity index is 1.35. The normalized spacial score (nSPS) is 16.7. The number of hydrogen-bond donors (Lipinski definition) is 1. The fourth-order valence-corrected chi connectivity index (χ4v) is 3.41. The van der Waals surface area contributed by atoms with E-state index in [0.717, 1.165) is 24.8 Å². The Morgan fingerprint density at radius 3 is 2.63 bits per heavy atom. The summed E-state index contributed by atoms with van der Waals surface area (Å²) in [6, 6.07) is 19.4. The molecule has 2 heteroatoms. The van der Waals surface area contributed by atoms with Crippen LogP contribution in [0.25, 0.3) is 0 Å². The Morgan fingerprint density at radius 1 is 1.00 bits per heavy atom. The first-order chi connectivity index (χ1) is 9.43. The summed E-state index contributed by atoms with van der Waals surface area (Å²) in [5.74, 6) is 1.87. The van der Waals surface area contributed by atoms with Crippen LogP contribution in [0.4, 0.5) is 0 Å². The Labute approximate surface area is 119 Å². The third-order valence-electron chi connectivity index (χ3n) is 3.64. The number of fused-ring (bicyclic) bond motifs is 1. The van der Waals surface area contributed by atoms with E-state index in [1.807, 2.05) is 11.8 Å². The zero-order valence-electron chi connectivity index (χ0n) is 11.0. The third kappa shape index (κ3) is 3.20. The lowest BCUT2D eigenvalue weighted by Crippen LogP contribution is -2.30. The molecule has 0 spiro atoms. The summed E-state index contributed by atoms with van der Waals surface area (Å²) in [4.78, 5) is 1.36. The Bertz CT molecular complexity index is 524. The molecule has 0 fully saturated rings. The van der Waals surface area contributed by atoms with Gasteiger partial charge in [-0.2, -0.15) is 0 Å². The van der Waals surface area contributed by atoms with Gasteiger partial charge in [0, 0.05) is 29.7 Å². The maximum Gasteiger partial charge on any atom is 0.0106 e. The summed E-state index contributed by atoms with van der Waals surface area (Å²) in [6.45, 7) is 2.20. The lowest BCUT2D eigenvalue weighted by Gasteiger charge is -2.30. The SMILES string of the molecule is c1ccc(SCCNCC2Cc3ccccc32)cc1. The molecule has 1 aliphatic rings. The molecular formula is C17H19NS. The lowest BCUT2D eigenvalue weighted by atomic mass is 9.78. The van der Waals surface area contributed by atoms with Gasteiger partial charge >= 0.3 is 0 Å². The molecule has 0 aromatic heterocycles. The largest absolute Gasteiger partial charge is 0.315 e. The fourth-order valence-electron chi connectivity index (χ4n) is 2.58. The summed E-state index contributed by atoms with van der Waals surface area (Å²) in [5.41, 5.74) is 3.08. The van der Waals surface area contributed by atoms with Crippen molar-refractivity contribution in [3.8, 4) is 0 Å². The van der Waals surface area contributed by atoms with Gasteiger partial charge < -0.3 is 5.32 Å². The van der Waals surface area contributed by atoms with Crippen molar-refractivity contribution in [2.45, 2.75) is 17.2 Å². The van der Waals surface area contributed by atoms with Gasteiger partial charge in [-0.15, -0.1) is 11.8 Å². The van der Waals surface area contributed by atoms with E-state index >= 15 is 0 Å². The molecule has 0 amide bonds. The van der Waals surface area contributed by atoms with Crippen molar-refractivity contribution in [3.63, 3.8) is 0 Å².